The van der Waals surface area contributed by atoms with Crippen molar-refractivity contribution in [3.05, 3.63) is 12.4 Å². The lowest BCUT2D eigenvalue weighted by atomic mass is 10.4. The first-order chi connectivity index (χ1) is 9.37. The van der Waals surface area contributed by atoms with Crippen molar-refractivity contribution in [2.45, 2.75) is 24.3 Å². The van der Waals surface area contributed by atoms with Crippen molar-refractivity contribution >= 4 is 10.0 Å². The fourth-order valence-corrected chi connectivity index (χ4v) is 2.91. The van der Waals surface area contributed by atoms with Gasteiger partial charge in [0.15, 0.2) is 0 Å². The molecule has 1 heterocycles. The molecule has 0 saturated heterocycles. The van der Waals surface area contributed by atoms with Gasteiger partial charge >= 0.3 is 0 Å². The Morgan fingerprint density at radius 3 is 2.55 bits per heavy atom. The van der Waals surface area contributed by atoms with Crippen LogP contribution >= 0.6 is 0 Å². The zero-order chi connectivity index (χ0) is 15.2. The third kappa shape index (κ3) is 4.86. The van der Waals surface area contributed by atoms with E-state index in [-0.39, 0.29) is 11.5 Å². The van der Waals surface area contributed by atoms with Crippen LogP contribution in [0.1, 0.15) is 12.8 Å². The molecule has 0 amide bonds. The van der Waals surface area contributed by atoms with Gasteiger partial charge in [0.25, 0.3) is 0 Å². The van der Waals surface area contributed by atoms with Gasteiger partial charge in [-0.25, -0.2) is 12.7 Å². The predicted molar refractivity (Wildman–Crippen MR) is 76.9 cm³/mol. The van der Waals surface area contributed by atoms with Crippen LogP contribution in [-0.4, -0.2) is 73.3 Å². The quantitative estimate of drug-likeness (QED) is 0.686. The van der Waals surface area contributed by atoms with E-state index in [1.807, 2.05) is 19.0 Å². The van der Waals surface area contributed by atoms with Gasteiger partial charge in [0, 0.05) is 32.9 Å². The molecular weight excluding hydrogens is 280 g/mol. The van der Waals surface area contributed by atoms with Gasteiger partial charge in [-0.2, -0.15) is 5.10 Å². The van der Waals surface area contributed by atoms with Crippen molar-refractivity contribution in [3.63, 3.8) is 0 Å². The summed E-state index contributed by atoms with van der Waals surface area (Å²) in [4.78, 5) is 2.22. The molecule has 8 heteroatoms. The van der Waals surface area contributed by atoms with Crippen LogP contribution in [-0.2, 0) is 16.6 Å². The Morgan fingerprint density at radius 2 is 1.95 bits per heavy atom. The summed E-state index contributed by atoms with van der Waals surface area (Å²) < 4.78 is 27.5. The van der Waals surface area contributed by atoms with Crippen molar-refractivity contribution in [2.24, 2.45) is 0 Å². The summed E-state index contributed by atoms with van der Waals surface area (Å²) in [6, 6.07) is 0. The molecule has 0 aliphatic carbocycles. The van der Waals surface area contributed by atoms with Crippen molar-refractivity contribution in [2.75, 3.05) is 40.8 Å². The highest BCUT2D eigenvalue weighted by Crippen LogP contribution is 2.13. The molecule has 0 saturated carbocycles. The van der Waals surface area contributed by atoms with Crippen LogP contribution in [0.3, 0.4) is 0 Å². The standard InChI is InChI=1S/C12H24N4O3S/c1-14(2)6-4-7-15(3)20(18,19)12-10-13-16(11-12)8-5-9-17/h10-11,17H,4-9H2,1-3H3. The first kappa shape index (κ1) is 17.1. The first-order valence-corrected chi connectivity index (χ1v) is 8.06. The van der Waals surface area contributed by atoms with Crippen molar-refractivity contribution in [3.8, 4) is 0 Å². The second kappa shape index (κ2) is 7.72. The lowest BCUT2D eigenvalue weighted by Crippen LogP contribution is -2.29. The zero-order valence-electron chi connectivity index (χ0n) is 12.4. The number of aromatic nitrogens is 2. The molecule has 0 radical (unpaired) electrons. The maximum absolute atomic E-state index is 12.3. The van der Waals surface area contributed by atoms with E-state index >= 15 is 0 Å². The number of rotatable bonds is 9. The Balaban J connectivity index is 2.64. The number of hydrogen-bond acceptors (Lipinski definition) is 5. The van der Waals surface area contributed by atoms with E-state index < -0.39 is 10.0 Å². The summed E-state index contributed by atoms with van der Waals surface area (Å²) in [6.45, 7) is 1.89. The second-order valence-electron chi connectivity index (χ2n) is 5.00. The predicted octanol–water partition coefficient (Wildman–Crippen LogP) is -0.162. The minimum Gasteiger partial charge on any atom is -0.396 e. The number of hydrogen-bond donors (Lipinski definition) is 1. The molecule has 116 valence electrons. The fraction of sp³-hybridized carbons (Fsp3) is 0.750. The van der Waals surface area contributed by atoms with Crippen LogP contribution in [0.2, 0.25) is 0 Å². The Labute approximate surface area is 120 Å². The molecule has 20 heavy (non-hydrogen) atoms. The van der Waals surface area contributed by atoms with E-state index in [1.165, 1.54) is 21.4 Å². The summed E-state index contributed by atoms with van der Waals surface area (Å²) in [5.41, 5.74) is 0. The maximum atomic E-state index is 12.3. The highest BCUT2D eigenvalue weighted by atomic mass is 32.2. The Hall–Kier alpha value is -0.960. The number of aliphatic hydroxyl groups excluding tert-OH is 1. The number of aliphatic hydroxyl groups is 1. The van der Waals surface area contributed by atoms with Gasteiger partial charge in [-0.15, -0.1) is 0 Å². The Morgan fingerprint density at radius 1 is 1.25 bits per heavy atom. The van der Waals surface area contributed by atoms with Gasteiger partial charge in [-0.3, -0.25) is 4.68 Å². The summed E-state index contributed by atoms with van der Waals surface area (Å²) >= 11 is 0. The third-order valence-corrected chi connectivity index (χ3v) is 4.75. The van der Waals surface area contributed by atoms with Gasteiger partial charge < -0.3 is 10.0 Å². The van der Waals surface area contributed by atoms with Gasteiger partial charge in [-0.05, 0) is 33.5 Å². The van der Waals surface area contributed by atoms with E-state index in [2.05, 4.69) is 5.10 Å². The molecule has 1 aromatic heterocycles. The zero-order valence-corrected chi connectivity index (χ0v) is 13.2. The normalized spacial score (nSPS) is 12.5. The van der Waals surface area contributed by atoms with E-state index in [1.54, 1.807) is 7.05 Å². The van der Waals surface area contributed by atoms with Gasteiger partial charge in [-0.1, -0.05) is 0 Å². The summed E-state index contributed by atoms with van der Waals surface area (Å²) in [5, 5.41) is 12.8. The van der Waals surface area contributed by atoms with Crippen molar-refractivity contribution in [1.82, 2.24) is 19.0 Å². The highest BCUT2D eigenvalue weighted by molar-refractivity contribution is 7.89. The van der Waals surface area contributed by atoms with Crippen LogP contribution in [0, 0.1) is 0 Å². The molecule has 7 nitrogen and oxygen atoms in total. The first-order valence-electron chi connectivity index (χ1n) is 6.62. The second-order valence-corrected chi connectivity index (χ2v) is 7.04. The molecule has 0 unspecified atom stereocenters. The number of aryl methyl sites for hydroxylation is 1. The fourth-order valence-electron chi connectivity index (χ4n) is 1.74. The molecule has 1 aromatic rings. The lowest BCUT2D eigenvalue weighted by molar-refractivity contribution is 0.277. The van der Waals surface area contributed by atoms with E-state index in [4.69, 9.17) is 5.11 Å². The molecule has 0 atom stereocenters. The van der Waals surface area contributed by atoms with Crippen LogP contribution in [0.15, 0.2) is 17.3 Å². The van der Waals surface area contributed by atoms with Crippen LogP contribution in [0.25, 0.3) is 0 Å². The van der Waals surface area contributed by atoms with Gasteiger partial charge in [0.2, 0.25) is 10.0 Å². The lowest BCUT2D eigenvalue weighted by Gasteiger charge is -2.17. The van der Waals surface area contributed by atoms with E-state index in [0.29, 0.717) is 19.5 Å². The summed E-state index contributed by atoms with van der Waals surface area (Å²) in [5.74, 6) is 0. The minimum atomic E-state index is -3.47. The Kier molecular flexibility index (Phi) is 6.60. The highest BCUT2D eigenvalue weighted by Gasteiger charge is 2.22. The smallest absolute Gasteiger partial charge is 0.245 e. The average molecular weight is 304 g/mol. The van der Waals surface area contributed by atoms with Crippen molar-refractivity contribution < 1.29 is 13.5 Å². The third-order valence-electron chi connectivity index (χ3n) is 2.94. The molecule has 0 aliphatic heterocycles. The molecule has 1 N–H and O–H groups in total. The van der Waals surface area contributed by atoms with E-state index in [0.717, 1.165) is 13.0 Å². The monoisotopic (exact) mass is 304 g/mol. The van der Waals surface area contributed by atoms with E-state index in [9.17, 15) is 8.42 Å². The van der Waals surface area contributed by atoms with Crippen LogP contribution in [0.5, 0.6) is 0 Å². The maximum Gasteiger partial charge on any atom is 0.245 e. The SMILES string of the molecule is CN(C)CCCN(C)S(=O)(=O)c1cnn(CCCO)c1. The average Bonchev–Trinajstić information content (AvgIpc) is 2.85. The molecule has 0 aromatic carbocycles. The van der Waals surface area contributed by atoms with Crippen LogP contribution < -0.4 is 0 Å². The molecule has 0 spiro atoms. The molecule has 0 bridgehead atoms. The topological polar surface area (TPSA) is 78.7 Å². The van der Waals surface area contributed by atoms with Gasteiger partial charge in [0.1, 0.15) is 4.90 Å². The molecule has 1 rings (SSSR count). The summed E-state index contributed by atoms with van der Waals surface area (Å²) in [6.07, 6.45) is 4.20. The molecule has 0 fully saturated rings. The van der Waals surface area contributed by atoms with Crippen LogP contribution in [0.4, 0.5) is 0 Å². The number of nitrogens with zero attached hydrogens (tertiary/aromatic N) is 4. The Bertz CT molecular complexity index is 499. The number of sulfonamides is 1. The minimum absolute atomic E-state index is 0.0619. The molecular formula is C12H24N4O3S. The van der Waals surface area contributed by atoms with Gasteiger partial charge in [0.05, 0.1) is 6.20 Å². The molecule has 0 aliphatic rings. The van der Waals surface area contributed by atoms with Crippen molar-refractivity contribution in [1.29, 1.82) is 0 Å². The summed E-state index contributed by atoms with van der Waals surface area (Å²) in [7, 11) is 2.02. The largest absolute Gasteiger partial charge is 0.396 e.